The lowest BCUT2D eigenvalue weighted by molar-refractivity contribution is -0.0493. The molecule has 0 unspecified atom stereocenters. The average molecular weight is 215 g/mol. The fourth-order valence-electron chi connectivity index (χ4n) is 1.13. The fourth-order valence-corrected chi connectivity index (χ4v) is 1.13. The van der Waals surface area contributed by atoms with Gasteiger partial charge in [-0.1, -0.05) is 26.0 Å². The summed E-state index contributed by atoms with van der Waals surface area (Å²) in [5.41, 5.74) is 0.603. The van der Waals surface area contributed by atoms with E-state index in [4.69, 9.17) is 0 Å². The second kappa shape index (κ2) is 5.53. The van der Waals surface area contributed by atoms with Gasteiger partial charge in [0.2, 0.25) is 0 Å². The van der Waals surface area contributed by atoms with Crippen LogP contribution in [0.15, 0.2) is 24.3 Å². The van der Waals surface area contributed by atoms with E-state index in [0.717, 1.165) is 6.54 Å². The summed E-state index contributed by atoms with van der Waals surface area (Å²) < 4.78 is 28.5. The molecule has 0 heterocycles. The van der Waals surface area contributed by atoms with E-state index >= 15 is 0 Å². The van der Waals surface area contributed by atoms with Crippen LogP contribution >= 0.6 is 0 Å². The van der Waals surface area contributed by atoms with Crippen LogP contribution in [0.3, 0.4) is 0 Å². The van der Waals surface area contributed by atoms with Gasteiger partial charge in [0.25, 0.3) is 0 Å². The van der Waals surface area contributed by atoms with Crippen molar-refractivity contribution < 1.29 is 13.5 Å². The number of nitrogens with one attached hydrogen (secondary N) is 1. The van der Waals surface area contributed by atoms with Crippen molar-refractivity contribution in [2.75, 3.05) is 11.9 Å². The first-order valence-electron chi connectivity index (χ1n) is 4.87. The third-order valence-corrected chi connectivity index (χ3v) is 1.80. The number of para-hydroxylation sites is 2. The summed E-state index contributed by atoms with van der Waals surface area (Å²) in [7, 11) is 0. The van der Waals surface area contributed by atoms with Gasteiger partial charge in [0.1, 0.15) is 5.75 Å². The predicted molar refractivity (Wildman–Crippen MR) is 56.4 cm³/mol. The number of benzene rings is 1. The van der Waals surface area contributed by atoms with Crippen LogP contribution in [0.1, 0.15) is 13.8 Å². The zero-order valence-electron chi connectivity index (χ0n) is 8.84. The molecule has 15 heavy (non-hydrogen) atoms. The molecule has 0 aliphatic rings. The zero-order chi connectivity index (χ0) is 11.3. The van der Waals surface area contributed by atoms with Gasteiger partial charge in [0.15, 0.2) is 0 Å². The minimum atomic E-state index is -2.79. The Balaban J connectivity index is 2.68. The molecule has 0 aromatic heterocycles. The van der Waals surface area contributed by atoms with Crippen molar-refractivity contribution in [2.24, 2.45) is 5.92 Å². The number of hydrogen-bond acceptors (Lipinski definition) is 2. The first-order valence-corrected chi connectivity index (χ1v) is 4.87. The molecule has 0 aliphatic carbocycles. The number of alkyl halides is 2. The first kappa shape index (κ1) is 11.8. The van der Waals surface area contributed by atoms with E-state index in [1.165, 1.54) is 6.07 Å². The molecule has 0 fully saturated rings. The van der Waals surface area contributed by atoms with Crippen molar-refractivity contribution in [1.29, 1.82) is 0 Å². The molecule has 0 radical (unpaired) electrons. The molecular formula is C11H15F2NO. The summed E-state index contributed by atoms with van der Waals surface area (Å²) in [5.74, 6) is 0.637. The normalized spacial score (nSPS) is 10.8. The molecule has 4 heteroatoms. The third-order valence-electron chi connectivity index (χ3n) is 1.80. The van der Waals surface area contributed by atoms with Crippen LogP contribution in [0, 0.1) is 5.92 Å². The van der Waals surface area contributed by atoms with Crippen molar-refractivity contribution in [1.82, 2.24) is 0 Å². The van der Waals surface area contributed by atoms with Crippen LogP contribution in [0.4, 0.5) is 14.5 Å². The summed E-state index contributed by atoms with van der Waals surface area (Å²) in [6.45, 7) is 2.03. The Morgan fingerprint density at radius 2 is 1.93 bits per heavy atom. The van der Waals surface area contributed by atoms with E-state index in [1.54, 1.807) is 18.2 Å². The Morgan fingerprint density at radius 3 is 2.53 bits per heavy atom. The maximum absolute atomic E-state index is 12.0. The number of ether oxygens (including phenoxy) is 1. The molecule has 0 saturated carbocycles. The summed E-state index contributed by atoms with van der Waals surface area (Å²) in [6, 6.07) is 6.69. The third kappa shape index (κ3) is 4.14. The molecule has 84 valence electrons. The van der Waals surface area contributed by atoms with Crippen LogP contribution in [0.25, 0.3) is 0 Å². The quantitative estimate of drug-likeness (QED) is 0.813. The van der Waals surface area contributed by atoms with Gasteiger partial charge >= 0.3 is 6.61 Å². The van der Waals surface area contributed by atoms with Gasteiger partial charge in [-0.15, -0.1) is 0 Å². The van der Waals surface area contributed by atoms with E-state index in [9.17, 15) is 8.78 Å². The fraction of sp³-hybridized carbons (Fsp3) is 0.455. The largest absolute Gasteiger partial charge is 0.433 e. The van der Waals surface area contributed by atoms with Crippen LogP contribution < -0.4 is 10.1 Å². The molecule has 0 saturated heterocycles. The van der Waals surface area contributed by atoms with Crippen molar-refractivity contribution in [3.8, 4) is 5.75 Å². The lowest BCUT2D eigenvalue weighted by atomic mass is 10.2. The van der Waals surface area contributed by atoms with Gasteiger partial charge in [-0.2, -0.15) is 8.78 Å². The molecule has 0 atom stereocenters. The maximum Gasteiger partial charge on any atom is 0.387 e. The molecule has 0 amide bonds. The summed E-state index contributed by atoms with van der Waals surface area (Å²) in [4.78, 5) is 0. The molecule has 1 aromatic carbocycles. The monoisotopic (exact) mass is 215 g/mol. The second-order valence-corrected chi connectivity index (χ2v) is 3.65. The average Bonchev–Trinajstić information content (AvgIpc) is 2.15. The minimum Gasteiger partial charge on any atom is -0.433 e. The van der Waals surface area contributed by atoms with Gasteiger partial charge in [-0.05, 0) is 18.1 Å². The number of anilines is 1. The summed E-state index contributed by atoms with van der Waals surface area (Å²) in [5, 5.41) is 3.06. The highest BCUT2D eigenvalue weighted by atomic mass is 19.3. The van der Waals surface area contributed by atoms with Gasteiger partial charge in [-0.25, -0.2) is 0 Å². The van der Waals surface area contributed by atoms with E-state index in [1.807, 2.05) is 13.8 Å². The van der Waals surface area contributed by atoms with Gasteiger partial charge < -0.3 is 10.1 Å². The van der Waals surface area contributed by atoms with E-state index in [-0.39, 0.29) is 5.75 Å². The highest BCUT2D eigenvalue weighted by Crippen LogP contribution is 2.25. The molecule has 0 bridgehead atoms. The van der Waals surface area contributed by atoms with Crippen molar-refractivity contribution in [3.63, 3.8) is 0 Å². The highest BCUT2D eigenvalue weighted by molar-refractivity contribution is 5.56. The lowest BCUT2D eigenvalue weighted by Gasteiger charge is -2.13. The molecule has 0 aliphatic heterocycles. The van der Waals surface area contributed by atoms with Gasteiger partial charge in [0.05, 0.1) is 5.69 Å². The van der Waals surface area contributed by atoms with Crippen LogP contribution in [-0.2, 0) is 0 Å². The van der Waals surface area contributed by atoms with Gasteiger partial charge in [0, 0.05) is 6.54 Å². The molecule has 1 rings (SSSR count). The van der Waals surface area contributed by atoms with E-state index < -0.39 is 6.61 Å². The Morgan fingerprint density at radius 1 is 1.27 bits per heavy atom. The van der Waals surface area contributed by atoms with E-state index in [2.05, 4.69) is 10.1 Å². The number of rotatable bonds is 5. The maximum atomic E-state index is 12.0. The number of halogens is 2. The van der Waals surface area contributed by atoms with Crippen LogP contribution in [-0.4, -0.2) is 13.2 Å². The lowest BCUT2D eigenvalue weighted by Crippen LogP contribution is -2.10. The highest BCUT2D eigenvalue weighted by Gasteiger charge is 2.08. The smallest absolute Gasteiger partial charge is 0.387 e. The predicted octanol–water partition coefficient (Wildman–Crippen LogP) is 3.36. The summed E-state index contributed by atoms with van der Waals surface area (Å²) in [6.07, 6.45) is 0. The SMILES string of the molecule is CC(C)CNc1ccccc1OC(F)F. The second-order valence-electron chi connectivity index (χ2n) is 3.65. The Bertz CT molecular complexity index is 302. The zero-order valence-corrected chi connectivity index (χ0v) is 8.84. The Kier molecular flexibility index (Phi) is 4.34. The van der Waals surface area contributed by atoms with Crippen LogP contribution in [0.5, 0.6) is 5.75 Å². The van der Waals surface area contributed by atoms with Gasteiger partial charge in [-0.3, -0.25) is 0 Å². The molecule has 1 N–H and O–H groups in total. The van der Waals surface area contributed by atoms with Crippen molar-refractivity contribution in [2.45, 2.75) is 20.5 Å². The molecule has 0 spiro atoms. The number of hydrogen-bond donors (Lipinski definition) is 1. The van der Waals surface area contributed by atoms with Crippen LogP contribution in [0.2, 0.25) is 0 Å². The minimum absolute atomic E-state index is 0.188. The Hall–Kier alpha value is -1.32. The topological polar surface area (TPSA) is 21.3 Å². The molecule has 1 aromatic rings. The Labute approximate surface area is 88.3 Å². The van der Waals surface area contributed by atoms with Crippen molar-refractivity contribution in [3.05, 3.63) is 24.3 Å². The van der Waals surface area contributed by atoms with E-state index in [0.29, 0.717) is 11.6 Å². The molecular weight excluding hydrogens is 200 g/mol. The van der Waals surface area contributed by atoms with Crippen molar-refractivity contribution >= 4 is 5.69 Å². The summed E-state index contributed by atoms with van der Waals surface area (Å²) >= 11 is 0. The standard InChI is InChI=1S/C11H15F2NO/c1-8(2)7-14-9-5-3-4-6-10(9)15-11(12)13/h3-6,8,11,14H,7H2,1-2H3. The first-order chi connectivity index (χ1) is 7.09. The molecule has 2 nitrogen and oxygen atoms in total.